The fourth-order valence-electron chi connectivity index (χ4n) is 5.74. The molecule has 0 spiro atoms. The molecule has 0 bridgehead atoms. The molecule has 8 nitrogen and oxygen atoms in total. The first-order chi connectivity index (χ1) is 21.8. The van der Waals surface area contributed by atoms with Gasteiger partial charge in [-0.2, -0.15) is 0 Å². The Morgan fingerprint density at radius 1 is 1.04 bits per heavy atom. The van der Waals surface area contributed by atoms with Gasteiger partial charge in [-0.1, -0.05) is 53.8 Å². The van der Waals surface area contributed by atoms with Crippen molar-refractivity contribution in [3.8, 4) is 11.5 Å². The van der Waals surface area contributed by atoms with Gasteiger partial charge in [0.1, 0.15) is 11.9 Å². The summed E-state index contributed by atoms with van der Waals surface area (Å²) in [5, 5.41) is 0.969. The molecule has 2 aromatic heterocycles. The van der Waals surface area contributed by atoms with Crippen LogP contribution >= 0.6 is 11.3 Å². The van der Waals surface area contributed by atoms with E-state index in [1.807, 2.05) is 49.5 Å². The van der Waals surface area contributed by atoms with Crippen molar-refractivity contribution in [2.45, 2.75) is 33.4 Å². The number of para-hydroxylation sites is 2. The summed E-state index contributed by atoms with van der Waals surface area (Å²) in [6, 6.07) is 18.9. The first kappa shape index (κ1) is 30.1. The normalized spacial score (nSPS) is 14.8. The van der Waals surface area contributed by atoms with Crippen LogP contribution in [0, 0.1) is 5.82 Å². The molecule has 1 aliphatic rings. The third kappa shape index (κ3) is 5.57. The van der Waals surface area contributed by atoms with Crippen LogP contribution in [0.2, 0.25) is 0 Å². The molecule has 0 unspecified atom stereocenters. The van der Waals surface area contributed by atoms with Gasteiger partial charge in [0, 0.05) is 34.8 Å². The Bertz CT molecular complexity index is 2130. The largest absolute Gasteiger partial charge is 0.493 e. The number of benzene rings is 3. The van der Waals surface area contributed by atoms with Gasteiger partial charge in [0.2, 0.25) is 0 Å². The number of thiazole rings is 1. The Morgan fingerprint density at radius 3 is 2.56 bits per heavy atom. The Morgan fingerprint density at radius 2 is 1.82 bits per heavy atom. The monoisotopic (exact) mass is 625 g/mol. The molecule has 10 heteroatoms. The van der Waals surface area contributed by atoms with Crippen molar-refractivity contribution in [2.75, 3.05) is 20.3 Å². The van der Waals surface area contributed by atoms with Crippen LogP contribution in [0.25, 0.3) is 17.0 Å². The van der Waals surface area contributed by atoms with Crippen molar-refractivity contribution < 1.29 is 23.4 Å². The minimum atomic E-state index is -0.848. The molecule has 6 rings (SSSR count). The van der Waals surface area contributed by atoms with Gasteiger partial charge < -0.3 is 18.8 Å². The molecule has 0 saturated carbocycles. The minimum absolute atomic E-state index is 0.172. The van der Waals surface area contributed by atoms with Gasteiger partial charge in [-0.05, 0) is 56.7 Å². The first-order valence-electron chi connectivity index (χ1n) is 14.7. The summed E-state index contributed by atoms with van der Waals surface area (Å²) < 4.78 is 34.7. The average Bonchev–Trinajstić information content (AvgIpc) is 3.54. The highest BCUT2D eigenvalue weighted by Gasteiger charge is 2.36. The lowest BCUT2D eigenvalue weighted by Crippen LogP contribution is -2.40. The van der Waals surface area contributed by atoms with Crippen LogP contribution in [0.1, 0.15) is 43.5 Å². The van der Waals surface area contributed by atoms with Gasteiger partial charge in [-0.15, -0.1) is 0 Å². The van der Waals surface area contributed by atoms with Crippen molar-refractivity contribution in [3.05, 3.63) is 126 Å². The van der Waals surface area contributed by atoms with Gasteiger partial charge in [-0.25, -0.2) is 14.2 Å². The molecular formula is C35H32FN3O5S. The molecule has 1 aliphatic heterocycles. The van der Waals surface area contributed by atoms with E-state index in [9.17, 15) is 14.0 Å². The maximum absolute atomic E-state index is 14.3. The summed E-state index contributed by atoms with van der Waals surface area (Å²) >= 11 is 1.26. The molecule has 0 fully saturated rings. The summed E-state index contributed by atoms with van der Waals surface area (Å²) in [4.78, 5) is 32.9. The number of esters is 1. The summed E-state index contributed by atoms with van der Waals surface area (Å²) in [6.45, 7) is 6.41. The standard InChI is InChI=1S/C35H32FN3O5S/c1-5-43-32-26(11-9-13-28(32)42-4)31-30(34(41)44-6-2)21(3)37-35-39(31)33(40)29(45-35)18-23-20-38(27-12-8-7-10-25(23)27)19-22-14-16-24(36)17-15-22/h7-18,20,31H,5-6,19H2,1-4H3/b29-18-/t31-/m1/s1. The number of aromatic nitrogens is 2. The molecule has 0 amide bonds. The van der Waals surface area contributed by atoms with Crippen molar-refractivity contribution in [1.29, 1.82) is 0 Å². The van der Waals surface area contributed by atoms with E-state index >= 15 is 0 Å². The Kier molecular flexibility index (Phi) is 8.40. The van der Waals surface area contributed by atoms with Crippen molar-refractivity contribution in [3.63, 3.8) is 0 Å². The SMILES string of the molecule is CCOC(=O)C1=C(C)N=c2s/c(=C\c3cn(Cc4ccc(F)cc4)c4ccccc34)c(=O)n2[C@@H]1c1cccc(OC)c1OCC. The van der Waals surface area contributed by atoms with E-state index in [1.165, 1.54) is 23.5 Å². The number of nitrogens with zero attached hydrogens (tertiary/aromatic N) is 3. The van der Waals surface area contributed by atoms with E-state index in [-0.39, 0.29) is 23.6 Å². The molecule has 0 saturated heterocycles. The van der Waals surface area contributed by atoms with Gasteiger partial charge in [0.15, 0.2) is 16.3 Å². The Hall–Kier alpha value is -4.96. The topological polar surface area (TPSA) is 84.1 Å². The number of carbonyl (C=O) groups excluding carboxylic acids is 1. The number of fused-ring (bicyclic) bond motifs is 2. The first-order valence-corrected chi connectivity index (χ1v) is 15.5. The Balaban J connectivity index is 1.54. The van der Waals surface area contributed by atoms with Crippen LogP contribution in [-0.4, -0.2) is 35.4 Å². The van der Waals surface area contributed by atoms with Crippen molar-refractivity contribution in [1.82, 2.24) is 9.13 Å². The molecule has 3 aromatic carbocycles. The van der Waals surface area contributed by atoms with Gasteiger partial charge >= 0.3 is 5.97 Å². The number of ether oxygens (including phenoxy) is 3. The fraction of sp³-hybridized carbons (Fsp3) is 0.229. The molecule has 230 valence electrons. The lowest BCUT2D eigenvalue weighted by Gasteiger charge is -2.26. The highest BCUT2D eigenvalue weighted by molar-refractivity contribution is 7.07. The molecule has 0 radical (unpaired) electrons. The maximum Gasteiger partial charge on any atom is 0.338 e. The number of halogens is 1. The predicted octanol–water partition coefficient (Wildman–Crippen LogP) is 5.35. The van der Waals surface area contributed by atoms with Crippen molar-refractivity contribution in [2.24, 2.45) is 4.99 Å². The zero-order valence-electron chi connectivity index (χ0n) is 25.4. The zero-order chi connectivity index (χ0) is 31.7. The lowest BCUT2D eigenvalue weighted by atomic mass is 9.94. The third-order valence-corrected chi connectivity index (χ3v) is 8.68. The van der Waals surface area contributed by atoms with Crippen molar-refractivity contribution >= 4 is 34.3 Å². The molecule has 0 N–H and O–H groups in total. The highest BCUT2D eigenvalue weighted by Crippen LogP contribution is 2.40. The molecule has 0 aliphatic carbocycles. The van der Waals surface area contributed by atoms with E-state index in [0.29, 0.717) is 45.2 Å². The van der Waals surface area contributed by atoms with Gasteiger partial charge in [-0.3, -0.25) is 9.36 Å². The molecule has 3 heterocycles. The Labute approximate surface area is 262 Å². The van der Waals surface area contributed by atoms with Crippen LogP contribution in [0.5, 0.6) is 11.5 Å². The summed E-state index contributed by atoms with van der Waals surface area (Å²) in [5.74, 6) is 0.104. The number of methoxy groups -OCH3 is 1. The average molecular weight is 626 g/mol. The number of hydrogen-bond donors (Lipinski definition) is 0. The van der Waals surface area contributed by atoms with E-state index < -0.39 is 12.0 Å². The van der Waals surface area contributed by atoms with E-state index in [0.717, 1.165) is 22.0 Å². The zero-order valence-corrected chi connectivity index (χ0v) is 26.2. The lowest BCUT2D eigenvalue weighted by molar-refractivity contribution is -0.139. The van der Waals surface area contributed by atoms with E-state index in [2.05, 4.69) is 4.57 Å². The van der Waals surface area contributed by atoms with Crippen LogP contribution in [0.15, 0.2) is 94.0 Å². The number of allylic oxidation sites excluding steroid dienone is 1. The number of hydrogen-bond acceptors (Lipinski definition) is 7. The summed E-state index contributed by atoms with van der Waals surface area (Å²) in [5.41, 5.74) is 3.82. The smallest absolute Gasteiger partial charge is 0.338 e. The van der Waals surface area contributed by atoms with Crippen LogP contribution < -0.4 is 24.4 Å². The summed E-state index contributed by atoms with van der Waals surface area (Å²) in [7, 11) is 1.55. The van der Waals surface area contributed by atoms with E-state index in [4.69, 9.17) is 19.2 Å². The van der Waals surface area contributed by atoms with Crippen LogP contribution in [0.4, 0.5) is 4.39 Å². The molecule has 45 heavy (non-hydrogen) atoms. The van der Waals surface area contributed by atoms with Gasteiger partial charge in [0.25, 0.3) is 5.56 Å². The highest BCUT2D eigenvalue weighted by atomic mass is 32.1. The maximum atomic E-state index is 14.3. The fourth-order valence-corrected chi connectivity index (χ4v) is 6.78. The molecule has 1 atom stereocenters. The minimum Gasteiger partial charge on any atom is -0.493 e. The quantitative estimate of drug-likeness (QED) is 0.206. The second kappa shape index (κ2) is 12.6. The second-order valence-corrected chi connectivity index (χ2v) is 11.5. The molecule has 5 aromatic rings. The van der Waals surface area contributed by atoms with E-state index in [1.54, 1.807) is 49.8 Å². The number of rotatable bonds is 9. The van der Waals surface area contributed by atoms with Gasteiger partial charge in [0.05, 0.1) is 36.1 Å². The van der Waals surface area contributed by atoms with Crippen LogP contribution in [-0.2, 0) is 16.1 Å². The number of carbonyl (C=O) groups is 1. The predicted molar refractivity (Wildman–Crippen MR) is 172 cm³/mol. The summed E-state index contributed by atoms with van der Waals surface area (Å²) in [6.07, 6.45) is 3.86. The molecular weight excluding hydrogens is 593 g/mol. The van der Waals surface area contributed by atoms with Crippen LogP contribution in [0.3, 0.4) is 0 Å². The second-order valence-electron chi connectivity index (χ2n) is 10.5. The third-order valence-electron chi connectivity index (χ3n) is 7.70.